The van der Waals surface area contributed by atoms with Crippen molar-refractivity contribution in [1.82, 2.24) is 15.8 Å². The van der Waals surface area contributed by atoms with Crippen LogP contribution in [0, 0.1) is 0 Å². The summed E-state index contributed by atoms with van der Waals surface area (Å²) < 4.78 is 44.3. The third-order valence-electron chi connectivity index (χ3n) is 4.53. The van der Waals surface area contributed by atoms with Crippen LogP contribution < -0.4 is 20.9 Å². The number of thiazole rings is 1. The lowest BCUT2D eigenvalue weighted by atomic mass is 10.1. The Morgan fingerprint density at radius 2 is 1.79 bits per heavy atom. The molecular formula is C21H15F3N4O4S. The highest BCUT2D eigenvalue weighted by Crippen LogP contribution is 2.34. The van der Waals surface area contributed by atoms with Crippen molar-refractivity contribution in [1.29, 1.82) is 0 Å². The van der Waals surface area contributed by atoms with Crippen LogP contribution in [-0.2, 0) is 20.6 Å². The molecule has 170 valence electrons. The third kappa shape index (κ3) is 5.29. The van der Waals surface area contributed by atoms with Gasteiger partial charge in [0.15, 0.2) is 5.13 Å². The topological polar surface area (TPSA) is 109 Å². The first-order valence-corrected chi connectivity index (χ1v) is 10.3. The van der Waals surface area contributed by atoms with Crippen LogP contribution in [0.5, 0.6) is 5.75 Å². The standard InChI is InChI=1S/C21H15F3N4O4S/c22-21(23,24)12-3-6-15-16(10-12)33-20(25-15)26-17(29)7-8-32-13-4-1-11(2-5-13)9-14-18(30)27-28-19(14)31/h1-6,9-10H,7-8H2,(H,27,30)(H,28,31)(H,25,26,29). The number of hydrazine groups is 1. The van der Waals surface area contributed by atoms with E-state index in [0.717, 1.165) is 23.5 Å². The van der Waals surface area contributed by atoms with Gasteiger partial charge in [-0.2, -0.15) is 13.2 Å². The van der Waals surface area contributed by atoms with Crippen LogP contribution in [-0.4, -0.2) is 29.3 Å². The lowest BCUT2D eigenvalue weighted by Crippen LogP contribution is -2.28. The molecule has 0 saturated carbocycles. The maximum Gasteiger partial charge on any atom is 0.416 e. The fourth-order valence-corrected chi connectivity index (χ4v) is 3.83. The molecule has 3 aromatic rings. The number of nitrogens with one attached hydrogen (secondary N) is 3. The second-order valence-corrected chi connectivity index (χ2v) is 7.91. The van der Waals surface area contributed by atoms with E-state index in [1.165, 1.54) is 12.1 Å². The quantitative estimate of drug-likeness (QED) is 0.374. The highest BCUT2D eigenvalue weighted by atomic mass is 32.1. The van der Waals surface area contributed by atoms with Crippen molar-refractivity contribution < 1.29 is 32.3 Å². The number of benzene rings is 2. The number of rotatable bonds is 6. The molecule has 2 heterocycles. The van der Waals surface area contributed by atoms with Gasteiger partial charge >= 0.3 is 6.18 Å². The summed E-state index contributed by atoms with van der Waals surface area (Å²) in [6.07, 6.45) is -3.02. The van der Waals surface area contributed by atoms with Gasteiger partial charge in [-0.05, 0) is 42.0 Å². The zero-order valence-corrected chi connectivity index (χ0v) is 17.5. The third-order valence-corrected chi connectivity index (χ3v) is 5.46. The highest BCUT2D eigenvalue weighted by Gasteiger charge is 2.30. The molecule has 1 aliphatic heterocycles. The van der Waals surface area contributed by atoms with Gasteiger partial charge in [-0.3, -0.25) is 25.2 Å². The van der Waals surface area contributed by atoms with E-state index < -0.39 is 29.5 Å². The zero-order chi connectivity index (χ0) is 23.6. The van der Waals surface area contributed by atoms with E-state index in [9.17, 15) is 27.6 Å². The van der Waals surface area contributed by atoms with Crippen LogP contribution >= 0.6 is 11.3 Å². The first-order valence-electron chi connectivity index (χ1n) is 9.52. The minimum absolute atomic E-state index is 0.00410. The smallest absolute Gasteiger partial charge is 0.416 e. The Morgan fingerprint density at radius 1 is 1.09 bits per heavy atom. The van der Waals surface area contributed by atoms with Crippen LogP contribution in [0.2, 0.25) is 0 Å². The number of aromatic nitrogens is 1. The molecule has 3 N–H and O–H groups in total. The monoisotopic (exact) mass is 476 g/mol. The second kappa shape index (κ2) is 8.90. The van der Waals surface area contributed by atoms with Crippen LogP contribution in [0.25, 0.3) is 16.3 Å². The number of alkyl halides is 3. The maximum atomic E-state index is 12.8. The summed E-state index contributed by atoms with van der Waals surface area (Å²) >= 11 is 0.954. The maximum absolute atomic E-state index is 12.8. The molecule has 1 aromatic heterocycles. The summed E-state index contributed by atoms with van der Waals surface area (Å²) in [5.74, 6) is -0.949. The number of hydrogen-bond donors (Lipinski definition) is 3. The van der Waals surface area contributed by atoms with Gasteiger partial charge in [0.1, 0.15) is 11.3 Å². The molecular weight excluding hydrogens is 461 g/mol. The molecule has 1 aliphatic rings. The van der Waals surface area contributed by atoms with Crippen LogP contribution in [0.4, 0.5) is 18.3 Å². The molecule has 1 saturated heterocycles. The minimum atomic E-state index is -4.45. The van der Waals surface area contributed by atoms with Gasteiger partial charge < -0.3 is 10.1 Å². The fraction of sp³-hybridized carbons (Fsp3) is 0.143. The molecule has 33 heavy (non-hydrogen) atoms. The molecule has 4 rings (SSSR count). The number of carbonyl (C=O) groups excluding carboxylic acids is 3. The average molecular weight is 476 g/mol. The summed E-state index contributed by atoms with van der Waals surface area (Å²) in [4.78, 5) is 39.3. The number of fused-ring (bicyclic) bond motifs is 1. The highest BCUT2D eigenvalue weighted by molar-refractivity contribution is 7.22. The molecule has 0 bridgehead atoms. The number of anilines is 1. The summed E-state index contributed by atoms with van der Waals surface area (Å²) in [5.41, 5.74) is 4.60. The summed E-state index contributed by atoms with van der Waals surface area (Å²) in [7, 11) is 0. The molecule has 0 unspecified atom stereocenters. The molecule has 0 radical (unpaired) electrons. The average Bonchev–Trinajstić information content (AvgIpc) is 3.31. The van der Waals surface area contributed by atoms with Crippen molar-refractivity contribution in [3.8, 4) is 5.75 Å². The van der Waals surface area contributed by atoms with E-state index in [1.54, 1.807) is 24.3 Å². The van der Waals surface area contributed by atoms with Gasteiger partial charge in [-0.25, -0.2) is 4.98 Å². The Morgan fingerprint density at radius 3 is 2.45 bits per heavy atom. The van der Waals surface area contributed by atoms with Gasteiger partial charge in [-0.1, -0.05) is 23.5 Å². The second-order valence-electron chi connectivity index (χ2n) is 6.88. The van der Waals surface area contributed by atoms with E-state index in [2.05, 4.69) is 21.2 Å². The Balaban J connectivity index is 1.29. The van der Waals surface area contributed by atoms with E-state index in [1.807, 2.05) is 0 Å². The molecule has 3 amide bonds. The SMILES string of the molecule is O=C(CCOc1ccc(C=C2C(=O)NNC2=O)cc1)Nc1nc2ccc(C(F)(F)F)cc2s1. The number of hydrogen-bond acceptors (Lipinski definition) is 6. The normalized spacial score (nSPS) is 13.6. The number of ether oxygens (including phenoxy) is 1. The fourth-order valence-electron chi connectivity index (χ4n) is 2.91. The van der Waals surface area contributed by atoms with Gasteiger partial charge in [0.2, 0.25) is 5.91 Å². The van der Waals surface area contributed by atoms with Crippen LogP contribution in [0.3, 0.4) is 0 Å². The van der Waals surface area contributed by atoms with E-state index in [4.69, 9.17) is 4.74 Å². The van der Waals surface area contributed by atoms with Crippen molar-refractivity contribution in [2.45, 2.75) is 12.6 Å². The Kier molecular flexibility index (Phi) is 6.01. The van der Waals surface area contributed by atoms with Crippen molar-refractivity contribution in [2.75, 3.05) is 11.9 Å². The van der Waals surface area contributed by atoms with Crippen molar-refractivity contribution >= 4 is 50.5 Å². The summed E-state index contributed by atoms with van der Waals surface area (Å²) in [6.45, 7) is 0.0558. The van der Waals surface area contributed by atoms with Gasteiger partial charge in [0.05, 0.1) is 28.8 Å². The largest absolute Gasteiger partial charge is 0.493 e. The Labute approximate surface area is 188 Å². The number of carbonyl (C=O) groups is 3. The molecule has 2 aromatic carbocycles. The number of amides is 3. The molecule has 8 nitrogen and oxygen atoms in total. The predicted octanol–water partition coefficient (Wildman–Crippen LogP) is 3.27. The van der Waals surface area contributed by atoms with Crippen molar-refractivity contribution in [3.05, 3.63) is 59.2 Å². The lowest BCUT2D eigenvalue weighted by Gasteiger charge is -2.06. The molecule has 0 spiro atoms. The van der Waals surface area contributed by atoms with Crippen LogP contribution in [0.15, 0.2) is 48.0 Å². The molecule has 12 heteroatoms. The van der Waals surface area contributed by atoms with Gasteiger partial charge in [0, 0.05) is 0 Å². The minimum Gasteiger partial charge on any atom is -0.493 e. The Hall–Kier alpha value is -3.93. The van der Waals surface area contributed by atoms with E-state index in [-0.39, 0.29) is 23.7 Å². The first kappa shape index (κ1) is 22.3. The van der Waals surface area contributed by atoms with Crippen LogP contribution in [0.1, 0.15) is 17.5 Å². The molecule has 1 fully saturated rings. The lowest BCUT2D eigenvalue weighted by molar-refractivity contribution is -0.137. The summed E-state index contributed by atoms with van der Waals surface area (Å²) in [5, 5.41) is 2.76. The molecule has 0 aliphatic carbocycles. The van der Waals surface area contributed by atoms with Crippen molar-refractivity contribution in [2.24, 2.45) is 0 Å². The zero-order valence-electron chi connectivity index (χ0n) is 16.7. The van der Waals surface area contributed by atoms with Crippen molar-refractivity contribution in [3.63, 3.8) is 0 Å². The predicted molar refractivity (Wildman–Crippen MR) is 114 cm³/mol. The summed E-state index contributed by atoms with van der Waals surface area (Å²) in [6, 6.07) is 9.76. The van der Waals surface area contributed by atoms with Gasteiger partial charge in [0.25, 0.3) is 11.8 Å². The van der Waals surface area contributed by atoms with Gasteiger partial charge in [-0.15, -0.1) is 0 Å². The van der Waals surface area contributed by atoms with E-state index >= 15 is 0 Å². The first-order chi connectivity index (χ1) is 15.7. The van der Waals surface area contributed by atoms with E-state index in [0.29, 0.717) is 21.5 Å². The molecule has 0 atom stereocenters. The number of nitrogens with zero attached hydrogens (tertiary/aromatic N) is 1. The Bertz CT molecular complexity index is 1250. The number of halogens is 3.